The summed E-state index contributed by atoms with van der Waals surface area (Å²) in [4.78, 5) is 11.1. The standard InChI is InChI=1S/C8H9NO/c10-7-3-1-2-6-4-5-9-8(6)7/h1-2,9H,3-5H2. The van der Waals surface area contributed by atoms with Gasteiger partial charge in [-0.05, 0) is 12.0 Å². The third-order valence-corrected chi connectivity index (χ3v) is 1.92. The van der Waals surface area contributed by atoms with Gasteiger partial charge in [0.05, 0.1) is 5.70 Å². The second kappa shape index (κ2) is 1.97. The van der Waals surface area contributed by atoms with Crippen LogP contribution in [0.15, 0.2) is 23.4 Å². The molecule has 0 aromatic heterocycles. The van der Waals surface area contributed by atoms with Crippen LogP contribution in [0, 0.1) is 0 Å². The van der Waals surface area contributed by atoms with Crippen LogP contribution in [-0.4, -0.2) is 12.3 Å². The number of nitrogens with one attached hydrogen (secondary N) is 1. The molecular formula is C8H9NO. The first-order valence-corrected chi connectivity index (χ1v) is 3.55. The van der Waals surface area contributed by atoms with Crippen LogP contribution in [0.3, 0.4) is 0 Å². The lowest BCUT2D eigenvalue weighted by atomic mass is 10.0. The van der Waals surface area contributed by atoms with Gasteiger partial charge in [0.15, 0.2) is 5.78 Å². The van der Waals surface area contributed by atoms with Crippen LogP contribution in [0.1, 0.15) is 12.8 Å². The number of carbonyl (C=O) groups is 1. The SMILES string of the molecule is O=C1CC=CC2=C1NCC2. The first-order valence-electron chi connectivity index (χ1n) is 3.55. The maximum Gasteiger partial charge on any atom is 0.182 e. The number of rotatable bonds is 0. The molecule has 0 fully saturated rings. The summed E-state index contributed by atoms with van der Waals surface area (Å²) >= 11 is 0. The van der Waals surface area contributed by atoms with Crippen molar-refractivity contribution in [2.75, 3.05) is 6.54 Å². The Bertz CT molecular complexity index is 238. The summed E-state index contributed by atoms with van der Waals surface area (Å²) in [6.45, 7) is 0.931. The molecule has 1 aliphatic carbocycles. The molecule has 0 bridgehead atoms. The van der Waals surface area contributed by atoms with Crippen molar-refractivity contribution in [2.24, 2.45) is 0 Å². The van der Waals surface area contributed by atoms with Crippen molar-refractivity contribution in [3.8, 4) is 0 Å². The summed E-state index contributed by atoms with van der Waals surface area (Å²) in [6, 6.07) is 0. The molecule has 0 aromatic rings. The molecule has 0 saturated carbocycles. The van der Waals surface area contributed by atoms with E-state index in [0.717, 1.165) is 18.7 Å². The fourth-order valence-corrected chi connectivity index (χ4v) is 1.42. The summed E-state index contributed by atoms with van der Waals surface area (Å²) in [5, 5.41) is 3.09. The summed E-state index contributed by atoms with van der Waals surface area (Å²) in [6.07, 6.45) is 5.58. The fraction of sp³-hybridized carbons (Fsp3) is 0.375. The van der Waals surface area contributed by atoms with E-state index in [2.05, 4.69) is 11.4 Å². The quantitative estimate of drug-likeness (QED) is 0.531. The van der Waals surface area contributed by atoms with Crippen molar-refractivity contribution in [1.82, 2.24) is 5.32 Å². The van der Waals surface area contributed by atoms with Crippen molar-refractivity contribution < 1.29 is 4.79 Å². The van der Waals surface area contributed by atoms with E-state index in [9.17, 15) is 4.79 Å². The number of allylic oxidation sites excluding steroid dienone is 3. The first-order chi connectivity index (χ1) is 4.88. The number of carbonyl (C=O) groups excluding carboxylic acids is 1. The smallest absolute Gasteiger partial charge is 0.182 e. The second-order valence-corrected chi connectivity index (χ2v) is 2.61. The van der Waals surface area contributed by atoms with Gasteiger partial charge >= 0.3 is 0 Å². The zero-order valence-corrected chi connectivity index (χ0v) is 5.68. The lowest BCUT2D eigenvalue weighted by molar-refractivity contribution is -0.115. The van der Waals surface area contributed by atoms with Gasteiger partial charge < -0.3 is 5.32 Å². The highest BCUT2D eigenvalue weighted by Gasteiger charge is 2.19. The molecule has 2 rings (SSSR count). The first kappa shape index (κ1) is 5.71. The van der Waals surface area contributed by atoms with Crippen LogP contribution >= 0.6 is 0 Å². The van der Waals surface area contributed by atoms with Gasteiger partial charge in [0.2, 0.25) is 0 Å². The van der Waals surface area contributed by atoms with E-state index in [4.69, 9.17) is 0 Å². The number of Topliss-reactive ketones (excluding diaryl/α,β-unsaturated/α-hetero) is 1. The lowest BCUT2D eigenvalue weighted by Crippen LogP contribution is -2.16. The summed E-state index contributed by atoms with van der Waals surface area (Å²) in [5.74, 6) is 0.245. The number of ketones is 1. The van der Waals surface area contributed by atoms with Crippen LogP contribution in [-0.2, 0) is 4.79 Å². The monoisotopic (exact) mass is 135 g/mol. The normalized spacial score (nSPS) is 23.0. The maximum atomic E-state index is 11.1. The largest absolute Gasteiger partial charge is 0.382 e. The van der Waals surface area contributed by atoms with E-state index in [-0.39, 0.29) is 5.78 Å². The molecule has 1 heterocycles. The molecule has 2 heteroatoms. The number of hydrogen-bond acceptors (Lipinski definition) is 2. The Kier molecular flexibility index (Phi) is 1.13. The van der Waals surface area contributed by atoms with E-state index >= 15 is 0 Å². The van der Waals surface area contributed by atoms with Crippen LogP contribution in [0.5, 0.6) is 0 Å². The minimum Gasteiger partial charge on any atom is -0.382 e. The van der Waals surface area contributed by atoms with Gasteiger partial charge in [0, 0.05) is 13.0 Å². The molecule has 0 amide bonds. The van der Waals surface area contributed by atoms with Crippen LogP contribution in [0.25, 0.3) is 0 Å². The molecule has 52 valence electrons. The predicted molar refractivity (Wildman–Crippen MR) is 38.4 cm³/mol. The number of hydrogen-bond donors (Lipinski definition) is 1. The molecule has 0 unspecified atom stereocenters. The highest BCUT2D eigenvalue weighted by Crippen LogP contribution is 2.20. The van der Waals surface area contributed by atoms with Crippen molar-refractivity contribution in [3.05, 3.63) is 23.4 Å². The summed E-state index contributed by atoms with van der Waals surface area (Å²) in [7, 11) is 0. The van der Waals surface area contributed by atoms with E-state index in [1.54, 1.807) is 0 Å². The Labute approximate surface area is 59.6 Å². The molecule has 1 N–H and O–H groups in total. The maximum absolute atomic E-state index is 11.1. The molecule has 0 saturated heterocycles. The third-order valence-electron chi connectivity index (χ3n) is 1.92. The Morgan fingerprint density at radius 1 is 1.50 bits per heavy atom. The molecule has 0 aromatic carbocycles. The Morgan fingerprint density at radius 3 is 3.20 bits per heavy atom. The average molecular weight is 135 g/mol. The van der Waals surface area contributed by atoms with Crippen molar-refractivity contribution >= 4 is 5.78 Å². The van der Waals surface area contributed by atoms with Gasteiger partial charge in [0.1, 0.15) is 0 Å². The zero-order chi connectivity index (χ0) is 6.97. The van der Waals surface area contributed by atoms with Crippen molar-refractivity contribution in [3.63, 3.8) is 0 Å². The van der Waals surface area contributed by atoms with Gasteiger partial charge in [0.25, 0.3) is 0 Å². The fourth-order valence-electron chi connectivity index (χ4n) is 1.42. The van der Waals surface area contributed by atoms with Gasteiger partial charge in [-0.15, -0.1) is 0 Å². The highest BCUT2D eigenvalue weighted by atomic mass is 16.1. The molecule has 10 heavy (non-hydrogen) atoms. The molecule has 1 aliphatic heterocycles. The van der Waals surface area contributed by atoms with Crippen LogP contribution in [0.4, 0.5) is 0 Å². The Balaban J connectivity index is 2.39. The lowest BCUT2D eigenvalue weighted by Gasteiger charge is -2.05. The Morgan fingerprint density at radius 2 is 2.40 bits per heavy atom. The van der Waals surface area contributed by atoms with E-state index < -0.39 is 0 Å². The van der Waals surface area contributed by atoms with Gasteiger partial charge in [-0.3, -0.25) is 4.79 Å². The molecule has 0 spiro atoms. The van der Waals surface area contributed by atoms with E-state index in [0.29, 0.717) is 6.42 Å². The average Bonchev–Trinajstić information content (AvgIpc) is 2.36. The molecule has 0 atom stereocenters. The summed E-state index contributed by atoms with van der Waals surface area (Å²) < 4.78 is 0. The topological polar surface area (TPSA) is 29.1 Å². The molecular weight excluding hydrogens is 126 g/mol. The van der Waals surface area contributed by atoms with Crippen LogP contribution in [0.2, 0.25) is 0 Å². The third kappa shape index (κ3) is 0.685. The van der Waals surface area contributed by atoms with Crippen LogP contribution < -0.4 is 5.32 Å². The van der Waals surface area contributed by atoms with Gasteiger partial charge in [-0.1, -0.05) is 12.2 Å². The predicted octanol–water partition coefficient (Wildman–Crippen LogP) is 0.763. The molecule has 2 nitrogen and oxygen atoms in total. The Hall–Kier alpha value is -1.05. The zero-order valence-electron chi connectivity index (χ0n) is 5.68. The van der Waals surface area contributed by atoms with E-state index in [1.807, 2.05) is 6.08 Å². The van der Waals surface area contributed by atoms with Gasteiger partial charge in [-0.2, -0.15) is 0 Å². The van der Waals surface area contributed by atoms with Gasteiger partial charge in [-0.25, -0.2) is 0 Å². The highest BCUT2D eigenvalue weighted by molar-refractivity contribution is 5.98. The molecule has 2 aliphatic rings. The van der Waals surface area contributed by atoms with Crippen molar-refractivity contribution in [2.45, 2.75) is 12.8 Å². The summed E-state index contributed by atoms with van der Waals surface area (Å²) in [5.41, 5.74) is 2.05. The minimum absolute atomic E-state index is 0.245. The van der Waals surface area contributed by atoms with Crippen molar-refractivity contribution in [1.29, 1.82) is 0 Å². The minimum atomic E-state index is 0.245. The molecule has 0 radical (unpaired) electrons. The second-order valence-electron chi connectivity index (χ2n) is 2.61. The van der Waals surface area contributed by atoms with E-state index in [1.165, 1.54) is 5.57 Å².